The lowest BCUT2D eigenvalue weighted by Gasteiger charge is -2.04. The average molecular weight is 246 g/mol. The van der Waals surface area contributed by atoms with Crippen LogP contribution in [-0.4, -0.2) is 15.0 Å². The number of rotatable bonds is 2. The maximum atomic E-state index is 6.04. The summed E-state index contributed by atoms with van der Waals surface area (Å²) in [5, 5.41) is 0.512. The summed E-state index contributed by atoms with van der Waals surface area (Å²) >= 11 is 6.04. The molecular formula is C13H12ClN3. The van der Waals surface area contributed by atoms with E-state index in [0.29, 0.717) is 11.1 Å². The number of nitrogens with zero attached hydrogens (tertiary/aromatic N) is 3. The van der Waals surface area contributed by atoms with Gasteiger partial charge < -0.3 is 0 Å². The summed E-state index contributed by atoms with van der Waals surface area (Å²) in [6, 6.07) is 3.85. The summed E-state index contributed by atoms with van der Waals surface area (Å²) in [6.07, 6.45) is 5.98. The summed E-state index contributed by atoms with van der Waals surface area (Å²) < 4.78 is 0. The third kappa shape index (κ3) is 2.29. The van der Waals surface area contributed by atoms with Gasteiger partial charge in [-0.2, -0.15) is 0 Å². The Morgan fingerprint density at radius 1 is 1.18 bits per heavy atom. The van der Waals surface area contributed by atoms with Crippen LogP contribution < -0.4 is 0 Å². The van der Waals surface area contributed by atoms with Gasteiger partial charge in [0.2, 0.25) is 0 Å². The van der Waals surface area contributed by atoms with Crippen LogP contribution in [0.15, 0.2) is 24.5 Å². The van der Waals surface area contributed by atoms with E-state index in [4.69, 9.17) is 11.6 Å². The molecule has 3 rings (SSSR count). The molecule has 0 radical (unpaired) electrons. The van der Waals surface area contributed by atoms with E-state index in [-0.39, 0.29) is 0 Å². The minimum absolute atomic E-state index is 0.505. The van der Waals surface area contributed by atoms with Gasteiger partial charge in [-0.1, -0.05) is 11.6 Å². The van der Waals surface area contributed by atoms with E-state index in [1.165, 1.54) is 12.8 Å². The fourth-order valence-corrected chi connectivity index (χ4v) is 1.99. The minimum atomic E-state index is 0.505. The van der Waals surface area contributed by atoms with Crippen molar-refractivity contribution in [2.75, 3.05) is 0 Å². The molecule has 1 fully saturated rings. The Hall–Kier alpha value is -1.48. The number of hydrogen-bond acceptors (Lipinski definition) is 3. The van der Waals surface area contributed by atoms with E-state index in [1.807, 2.05) is 19.3 Å². The molecule has 3 nitrogen and oxygen atoms in total. The molecule has 1 aliphatic carbocycles. The Bertz CT molecular complexity index is 564. The molecule has 1 aliphatic rings. The first kappa shape index (κ1) is 10.7. The van der Waals surface area contributed by atoms with E-state index in [1.54, 1.807) is 6.07 Å². The van der Waals surface area contributed by atoms with Crippen LogP contribution in [0.4, 0.5) is 0 Å². The highest BCUT2D eigenvalue weighted by molar-refractivity contribution is 6.29. The van der Waals surface area contributed by atoms with Crippen LogP contribution in [0, 0.1) is 6.92 Å². The minimum Gasteiger partial charge on any atom is -0.264 e. The smallest absolute Gasteiger partial charge is 0.133 e. The molecule has 2 aromatic rings. The van der Waals surface area contributed by atoms with E-state index in [2.05, 4.69) is 21.0 Å². The molecule has 2 heterocycles. The molecule has 1 saturated carbocycles. The fourth-order valence-electron chi connectivity index (χ4n) is 1.80. The third-order valence-corrected chi connectivity index (χ3v) is 3.02. The summed E-state index contributed by atoms with van der Waals surface area (Å²) in [5.74, 6) is 1.37. The monoisotopic (exact) mass is 245 g/mol. The normalized spacial score (nSPS) is 14.9. The molecule has 0 bridgehead atoms. The van der Waals surface area contributed by atoms with Gasteiger partial charge in [-0.15, -0.1) is 0 Å². The molecule has 2 aromatic heterocycles. The molecule has 0 spiro atoms. The zero-order chi connectivity index (χ0) is 11.8. The second-order valence-electron chi connectivity index (χ2n) is 4.46. The number of aryl methyl sites for hydroxylation is 1. The molecule has 0 aliphatic heterocycles. The molecular weight excluding hydrogens is 234 g/mol. The molecule has 0 saturated heterocycles. The number of aromatic nitrogens is 3. The fraction of sp³-hybridized carbons (Fsp3) is 0.308. The highest BCUT2D eigenvalue weighted by Crippen LogP contribution is 2.39. The topological polar surface area (TPSA) is 38.7 Å². The van der Waals surface area contributed by atoms with Crippen molar-refractivity contribution in [2.45, 2.75) is 25.7 Å². The van der Waals surface area contributed by atoms with Gasteiger partial charge >= 0.3 is 0 Å². The van der Waals surface area contributed by atoms with Crippen molar-refractivity contribution in [1.29, 1.82) is 0 Å². The second-order valence-corrected chi connectivity index (χ2v) is 4.85. The van der Waals surface area contributed by atoms with Gasteiger partial charge in [0.25, 0.3) is 0 Å². The lowest BCUT2D eigenvalue weighted by molar-refractivity contribution is 0.930. The quantitative estimate of drug-likeness (QED) is 0.762. The van der Waals surface area contributed by atoms with Crippen molar-refractivity contribution in [3.05, 3.63) is 41.1 Å². The molecule has 4 heteroatoms. The van der Waals surface area contributed by atoms with Crippen molar-refractivity contribution in [2.24, 2.45) is 0 Å². The molecule has 0 aromatic carbocycles. The third-order valence-electron chi connectivity index (χ3n) is 2.83. The molecule has 0 N–H and O–H groups in total. The van der Waals surface area contributed by atoms with Gasteiger partial charge in [0.05, 0.1) is 5.69 Å². The molecule has 0 atom stereocenters. The number of halogens is 1. The second kappa shape index (κ2) is 4.08. The summed E-state index contributed by atoms with van der Waals surface area (Å²) in [6.45, 7) is 2.01. The predicted octanol–water partition coefficient (Wildman–Crippen LogP) is 3.38. The van der Waals surface area contributed by atoms with Crippen molar-refractivity contribution in [1.82, 2.24) is 15.0 Å². The maximum Gasteiger partial charge on any atom is 0.133 e. The Labute approximate surface area is 105 Å². The van der Waals surface area contributed by atoms with Gasteiger partial charge in [0.1, 0.15) is 11.0 Å². The van der Waals surface area contributed by atoms with Crippen molar-refractivity contribution < 1.29 is 0 Å². The first-order valence-electron chi connectivity index (χ1n) is 5.69. The average Bonchev–Trinajstić information content (AvgIpc) is 3.12. The van der Waals surface area contributed by atoms with Gasteiger partial charge in [0, 0.05) is 29.9 Å². The Balaban J connectivity index is 2.07. The predicted molar refractivity (Wildman–Crippen MR) is 67.0 cm³/mol. The number of pyridine rings is 1. The molecule has 0 unspecified atom stereocenters. The standard InChI is InChI=1S/C13H12ClN3/c1-8-4-10(7-15-6-8)11-5-12(14)17-13(16-11)9-2-3-9/h4-7,9H,2-3H2,1H3. The van der Waals surface area contributed by atoms with E-state index >= 15 is 0 Å². The highest BCUT2D eigenvalue weighted by atomic mass is 35.5. The molecule has 0 amide bonds. The summed E-state index contributed by atoms with van der Waals surface area (Å²) in [5.41, 5.74) is 2.98. The van der Waals surface area contributed by atoms with Crippen LogP contribution in [0.5, 0.6) is 0 Å². The highest BCUT2D eigenvalue weighted by Gasteiger charge is 2.27. The summed E-state index contributed by atoms with van der Waals surface area (Å²) in [7, 11) is 0. The van der Waals surface area contributed by atoms with Crippen molar-refractivity contribution >= 4 is 11.6 Å². The van der Waals surface area contributed by atoms with Gasteiger partial charge in [-0.3, -0.25) is 4.98 Å². The van der Waals surface area contributed by atoms with E-state index in [0.717, 1.165) is 22.6 Å². The molecule has 86 valence electrons. The van der Waals surface area contributed by atoms with Crippen LogP contribution in [0.1, 0.15) is 30.1 Å². The first-order valence-corrected chi connectivity index (χ1v) is 6.06. The van der Waals surface area contributed by atoms with Crippen LogP contribution in [0.3, 0.4) is 0 Å². The van der Waals surface area contributed by atoms with Crippen LogP contribution >= 0.6 is 11.6 Å². The van der Waals surface area contributed by atoms with Gasteiger partial charge in [-0.05, 0) is 31.4 Å². The Morgan fingerprint density at radius 3 is 2.71 bits per heavy atom. The lowest BCUT2D eigenvalue weighted by atomic mass is 10.1. The zero-order valence-electron chi connectivity index (χ0n) is 9.52. The van der Waals surface area contributed by atoms with E-state index < -0.39 is 0 Å². The zero-order valence-corrected chi connectivity index (χ0v) is 10.3. The number of hydrogen-bond donors (Lipinski definition) is 0. The summed E-state index contributed by atoms with van der Waals surface area (Å²) in [4.78, 5) is 13.0. The largest absolute Gasteiger partial charge is 0.264 e. The van der Waals surface area contributed by atoms with E-state index in [9.17, 15) is 0 Å². The van der Waals surface area contributed by atoms with Crippen LogP contribution in [-0.2, 0) is 0 Å². The SMILES string of the molecule is Cc1cncc(-c2cc(Cl)nc(C3CC3)n2)c1. The lowest BCUT2D eigenvalue weighted by Crippen LogP contribution is -1.96. The van der Waals surface area contributed by atoms with Crippen molar-refractivity contribution in [3.63, 3.8) is 0 Å². The Morgan fingerprint density at radius 2 is 2.00 bits per heavy atom. The van der Waals surface area contributed by atoms with Crippen LogP contribution in [0.2, 0.25) is 5.15 Å². The van der Waals surface area contributed by atoms with Gasteiger partial charge in [-0.25, -0.2) is 9.97 Å². The van der Waals surface area contributed by atoms with Crippen LogP contribution in [0.25, 0.3) is 11.3 Å². The van der Waals surface area contributed by atoms with Crippen molar-refractivity contribution in [3.8, 4) is 11.3 Å². The molecule has 17 heavy (non-hydrogen) atoms. The Kier molecular flexibility index (Phi) is 2.56. The maximum absolute atomic E-state index is 6.04. The first-order chi connectivity index (χ1) is 8.22. The van der Waals surface area contributed by atoms with Gasteiger partial charge in [0.15, 0.2) is 0 Å².